The van der Waals surface area contributed by atoms with E-state index in [4.69, 9.17) is 33.7 Å². The van der Waals surface area contributed by atoms with Crippen LogP contribution in [0, 0.1) is 10.1 Å². The number of hydrogen-bond donors (Lipinski definition) is 3. The monoisotopic (exact) mass is 464 g/mol. The van der Waals surface area contributed by atoms with Gasteiger partial charge in [0.05, 0.1) is 40.0 Å². The molecule has 3 N–H and O–H groups in total. The van der Waals surface area contributed by atoms with Gasteiger partial charge in [-0.05, 0) is 36.5 Å². The molecule has 3 rings (SSSR count). The average molecular weight is 465 g/mol. The number of ether oxygens (including phenoxy) is 1. The molecule has 0 aromatic heterocycles. The van der Waals surface area contributed by atoms with E-state index in [0.29, 0.717) is 37.7 Å². The lowest BCUT2D eigenvalue weighted by Crippen LogP contribution is -2.39. The minimum Gasteiger partial charge on any atom is -0.478 e. The molecule has 0 aliphatic carbocycles. The number of carboxylic acids is 1. The largest absolute Gasteiger partial charge is 0.478 e. The van der Waals surface area contributed by atoms with Gasteiger partial charge in [0.1, 0.15) is 0 Å². The lowest BCUT2D eigenvalue weighted by atomic mass is 10.1. The standard InChI is InChI=1S/C19H17ClN4O6S/c20-15-9-11(1-3-13(15)18(26)27)21-19(31)22-17(25)14-10-12(24(28)29)2-4-16(14)23-5-7-30-8-6-23/h1-4,9-10H,5-8H2,(H,26,27)(H2,21,22,25,31). The number of benzene rings is 2. The number of aromatic carboxylic acids is 1. The topological polar surface area (TPSA) is 134 Å². The molecule has 12 heteroatoms. The van der Waals surface area contributed by atoms with Gasteiger partial charge in [0.15, 0.2) is 5.11 Å². The van der Waals surface area contributed by atoms with E-state index in [1.807, 2.05) is 4.90 Å². The SMILES string of the molecule is O=C(O)c1ccc(NC(=S)NC(=O)c2cc([N+](=O)[O-])ccc2N2CCOCC2)cc1Cl. The van der Waals surface area contributed by atoms with Crippen LogP contribution in [0.1, 0.15) is 20.7 Å². The maximum Gasteiger partial charge on any atom is 0.337 e. The van der Waals surface area contributed by atoms with Gasteiger partial charge in [0, 0.05) is 30.9 Å². The predicted molar refractivity (Wildman–Crippen MR) is 118 cm³/mol. The Kier molecular flexibility index (Phi) is 7.00. The van der Waals surface area contributed by atoms with Crippen molar-refractivity contribution in [2.24, 2.45) is 0 Å². The molecule has 1 heterocycles. The van der Waals surface area contributed by atoms with E-state index >= 15 is 0 Å². The fourth-order valence-electron chi connectivity index (χ4n) is 3.00. The highest BCUT2D eigenvalue weighted by Gasteiger charge is 2.22. The fourth-order valence-corrected chi connectivity index (χ4v) is 3.47. The highest BCUT2D eigenvalue weighted by Crippen LogP contribution is 2.26. The predicted octanol–water partition coefficient (Wildman–Crippen LogP) is 2.91. The highest BCUT2D eigenvalue weighted by molar-refractivity contribution is 7.80. The van der Waals surface area contributed by atoms with Crippen molar-refractivity contribution >= 4 is 57.9 Å². The zero-order valence-electron chi connectivity index (χ0n) is 16.0. The first-order chi connectivity index (χ1) is 14.8. The molecule has 0 atom stereocenters. The minimum atomic E-state index is -1.17. The summed E-state index contributed by atoms with van der Waals surface area (Å²) in [6.45, 7) is 2.03. The van der Waals surface area contributed by atoms with Crippen LogP contribution in [0.5, 0.6) is 0 Å². The van der Waals surface area contributed by atoms with Crippen LogP contribution in [0.3, 0.4) is 0 Å². The maximum absolute atomic E-state index is 12.9. The number of morpholine rings is 1. The molecule has 10 nitrogen and oxygen atoms in total. The Bertz CT molecular complexity index is 1060. The lowest BCUT2D eigenvalue weighted by Gasteiger charge is -2.30. The summed E-state index contributed by atoms with van der Waals surface area (Å²) in [4.78, 5) is 36.4. The van der Waals surface area contributed by atoms with Crippen LogP contribution in [-0.2, 0) is 4.74 Å². The number of amides is 1. The fraction of sp³-hybridized carbons (Fsp3) is 0.211. The van der Waals surface area contributed by atoms with Gasteiger partial charge in [0.2, 0.25) is 0 Å². The van der Waals surface area contributed by atoms with Crippen LogP contribution in [-0.4, -0.2) is 53.3 Å². The zero-order chi connectivity index (χ0) is 22.5. The summed E-state index contributed by atoms with van der Waals surface area (Å²) in [7, 11) is 0. The second-order valence-electron chi connectivity index (χ2n) is 6.47. The molecule has 0 spiro atoms. The number of nitrogens with zero attached hydrogens (tertiary/aromatic N) is 2. The molecule has 31 heavy (non-hydrogen) atoms. The molecule has 162 valence electrons. The van der Waals surface area contributed by atoms with E-state index < -0.39 is 16.8 Å². The molecular weight excluding hydrogens is 448 g/mol. The van der Waals surface area contributed by atoms with Crippen molar-refractivity contribution in [2.45, 2.75) is 0 Å². The number of thiocarbonyl (C=S) groups is 1. The first kappa shape index (κ1) is 22.4. The van der Waals surface area contributed by atoms with Gasteiger partial charge < -0.3 is 20.1 Å². The Balaban J connectivity index is 1.79. The zero-order valence-corrected chi connectivity index (χ0v) is 17.5. The van der Waals surface area contributed by atoms with Gasteiger partial charge in [-0.1, -0.05) is 11.6 Å². The van der Waals surface area contributed by atoms with Crippen molar-refractivity contribution < 1.29 is 24.4 Å². The summed E-state index contributed by atoms with van der Waals surface area (Å²) in [5, 5.41) is 25.4. The Morgan fingerprint density at radius 1 is 1.16 bits per heavy atom. The summed E-state index contributed by atoms with van der Waals surface area (Å²) >= 11 is 11.1. The summed E-state index contributed by atoms with van der Waals surface area (Å²) < 4.78 is 5.32. The third-order valence-electron chi connectivity index (χ3n) is 4.47. The second kappa shape index (κ2) is 9.69. The number of nitrogens with one attached hydrogen (secondary N) is 2. The van der Waals surface area contributed by atoms with E-state index in [0.717, 1.165) is 0 Å². The molecule has 1 saturated heterocycles. The molecule has 0 bridgehead atoms. The van der Waals surface area contributed by atoms with Gasteiger partial charge in [-0.25, -0.2) is 4.79 Å². The Hall–Kier alpha value is -3.28. The number of carbonyl (C=O) groups excluding carboxylic acids is 1. The third kappa shape index (κ3) is 5.45. The Morgan fingerprint density at radius 3 is 2.48 bits per heavy atom. The molecular formula is C19H17ClN4O6S. The van der Waals surface area contributed by atoms with Crippen molar-refractivity contribution in [3.8, 4) is 0 Å². The minimum absolute atomic E-state index is 0.0000793. The molecule has 0 saturated carbocycles. The number of carboxylic acid groups (broad SMARTS) is 1. The molecule has 1 aliphatic rings. The van der Waals surface area contributed by atoms with Gasteiger partial charge in [0.25, 0.3) is 11.6 Å². The van der Waals surface area contributed by atoms with Crippen LogP contribution >= 0.6 is 23.8 Å². The van der Waals surface area contributed by atoms with Crippen molar-refractivity contribution in [3.05, 3.63) is 62.7 Å². The number of nitro groups is 1. The molecule has 0 radical (unpaired) electrons. The quantitative estimate of drug-likeness (QED) is 0.346. The third-order valence-corrected chi connectivity index (χ3v) is 4.99. The second-order valence-corrected chi connectivity index (χ2v) is 7.28. The van der Waals surface area contributed by atoms with E-state index in [9.17, 15) is 19.7 Å². The van der Waals surface area contributed by atoms with Crippen LogP contribution in [0.2, 0.25) is 5.02 Å². The molecule has 1 fully saturated rings. The van der Waals surface area contributed by atoms with Crippen molar-refractivity contribution in [1.82, 2.24) is 5.32 Å². The van der Waals surface area contributed by atoms with Crippen LogP contribution in [0.25, 0.3) is 0 Å². The van der Waals surface area contributed by atoms with Gasteiger partial charge in [-0.2, -0.15) is 0 Å². The number of halogens is 1. The Labute approximate surface area is 186 Å². The number of rotatable bonds is 5. The molecule has 1 aliphatic heterocycles. The molecule has 2 aromatic carbocycles. The molecule has 0 unspecified atom stereocenters. The van der Waals surface area contributed by atoms with E-state index in [1.165, 1.54) is 36.4 Å². The summed E-state index contributed by atoms with van der Waals surface area (Å²) in [6.07, 6.45) is 0. The van der Waals surface area contributed by atoms with Crippen molar-refractivity contribution in [3.63, 3.8) is 0 Å². The highest BCUT2D eigenvalue weighted by atomic mass is 35.5. The maximum atomic E-state index is 12.9. The van der Waals surface area contributed by atoms with E-state index in [-0.39, 0.29) is 26.9 Å². The summed E-state index contributed by atoms with van der Waals surface area (Å²) in [5.41, 5.74) is 0.696. The first-order valence-electron chi connectivity index (χ1n) is 9.02. The van der Waals surface area contributed by atoms with E-state index in [2.05, 4.69) is 10.6 Å². The summed E-state index contributed by atoms with van der Waals surface area (Å²) in [5.74, 6) is -1.80. The number of nitro benzene ring substituents is 1. The van der Waals surface area contributed by atoms with Gasteiger partial charge in [-0.15, -0.1) is 0 Å². The van der Waals surface area contributed by atoms with E-state index in [1.54, 1.807) is 0 Å². The number of carbonyl (C=O) groups is 2. The van der Waals surface area contributed by atoms with Crippen molar-refractivity contribution in [1.29, 1.82) is 0 Å². The van der Waals surface area contributed by atoms with Gasteiger partial charge in [-0.3, -0.25) is 20.2 Å². The average Bonchev–Trinajstić information content (AvgIpc) is 2.73. The van der Waals surface area contributed by atoms with Crippen LogP contribution in [0.4, 0.5) is 17.1 Å². The first-order valence-corrected chi connectivity index (χ1v) is 9.81. The molecule has 1 amide bonds. The van der Waals surface area contributed by atoms with Crippen LogP contribution in [0.15, 0.2) is 36.4 Å². The molecule has 2 aromatic rings. The number of anilines is 2. The number of non-ortho nitro benzene ring substituents is 1. The number of hydrogen-bond acceptors (Lipinski definition) is 7. The normalized spacial score (nSPS) is 13.4. The van der Waals surface area contributed by atoms with Crippen molar-refractivity contribution in [2.75, 3.05) is 36.5 Å². The Morgan fingerprint density at radius 2 is 1.87 bits per heavy atom. The smallest absolute Gasteiger partial charge is 0.337 e. The van der Waals surface area contributed by atoms with Crippen LogP contribution < -0.4 is 15.5 Å². The van der Waals surface area contributed by atoms with Gasteiger partial charge >= 0.3 is 5.97 Å². The lowest BCUT2D eigenvalue weighted by molar-refractivity contribution is -0.384. The summed E-state index contributed by atoms with van der Waals surface area (Å²) in [6, 6.07) is 8.16.